The van der Waals surface area contributed by atoms with E-state index in [0.29, 0.717) is 12.8 Å². The lowest BCUT2D eigenvalue weighted by molar-refractivity contribution is 0.492. The maximum absolute atomic E-state index is 12.2. The molecule has 2 heterocycles. The highest BCUT2D eigenvalue weighted by Gasteiger charge is 2.34. The topological polar surface area (TPSA) is 78.0 Å². The molecule has 0 spiro atoms. The Bertz CT molecular complexity index is 751. The van der Waals surface area contributed by atoms with Crippen molar-refractivity contribution < 1.29 is 8.42 Å². The SMILES string of the molecule is Cn1nc(CC(N)C2CCCCS2(=O)=O)c2ccccc21. The Kier molecular flexibility index (Phi) is 3.75. The van der Waals surface area contributed by atoms with Crippen LogP contribution in [0.1, 0.15) is 25.0 Å². The minimum Gasteiger partial charge on any atom is -0.326 e. The summed E-state index contributed by atoms with van der Waals surface area (Å²) in [5.74, 6) is 0.272. The second-order valence-corrected chi connectivity index (χ2v) is 8.20. The van der Waals surface area contributed by atoms with E-state index >= 15 is 0 Å². The van der Waals surface area contributed by atoms with E-state index in [-0.39, 0.29) is 11.8 Å². The zero-order valence-corrected chi connectivity index (χ0v) is 13.0. The van der Waals surface area contributed by atoms with Gasteiger partial charge in [0, 0.05) is 24.9 Å². The number of fused-ring (bicyclic) bond motifs is 1. The van der Waals surface area contributed by atoms with Crippen LogP contribution in [0.5, 0.6) is 0 Å². The summed E-state index contributed by atoms with van der Waals surface area (Å²) >= 11 is 0. The lowest BCUT2D eigenvalue weighted by Crippen LogP contribution is -2.45. The van der Waals surface area contributed by atoms with Crippen molar-refractivity contribution >= 4 is 20.7 Å². The molecule has 1 aliphatic heterocycles. The van der Waals surface area contributed by atoms with Gasteiger partial charge in [-0.25, -0.2) is 8.42 Å². The molecule has 6 heteroatoms. The maximum Gasteiger partial charge on any atom is 0.154 e. The normalized spacial score (nSPS) is 23.2. The fourth-order valence-corrected chi connectivity index (χ4v) is 5.32. The Labute approximate surface area is 125 Å². The molecule has 0 bridgehead atoms. The molecule has 1 fully saturated rings. The molecular weight excluding hydrogens is 286 g/mol. The molecule has 1 saturated heterocycles. The standard InChI is InChI=1S/C15H21N3O2S/c1-18-14-7-3-2-6-11(14)13(17-18)10-12(16)15-8-4-5-9-21(15,19)20/h2-3,6-7,12,15H,4-5,8-10,16H2,1H3. The van der Waals surface area contributed by atoms with Crippen LogP contribution in [0.2, 0.25) is 0 Å². The van der Waals surface area contributed by atoms with E-state index in [0.717, 1.165) is 29.4 Å². The zero-order valence-electron chi connectivity index (χ0n) is 12.2. The number of para-hydroxylation sites is 1. The highest BCUT2D eigenvalue weighted by Crippen LogP contribution is 2.25. The van der Waals surface area contributed by atoms with Crippen LogP contribution in [0.15, 0.2) is 24.3 Å². The van der Waals surface area contributed by atoms with Gasteiger partial charge in [0.05, 0.1) is 22.2 Å². The Morgan fingerprint density at radius 3 is 2.90 bits per heavy atom. The molecule has 3 rings (SSSR count). The van der Waals surface area contributed by atoms with Crippen LogP contribution in [0.3, 0.4) is 0 Å². The van der Waals surface area contributed by atoms with E-state index < -0.39 is 15.1 Å². The van der Waals surface area contributed by atoms with Crippen LogP contribution >= 0.6 is 0 Å². The first-order valence-electron chi connectivity index (χ1n) is 7.37. The first kappa shape index (κ1) is 14.5. The van der Waals surface area contributed by atoms with Gasteiger partial charge in [-0.2, -0.15) is 5.10 Å². The quantitative estimate of drug-likeness (QED) is 0.930. The average molecular weight is 307 g/mol. The Hall–Kier alpha value is -1.40. The van der Waals surface area contributed by atoms with Crippen molar-refractivity contribution in [1.29, 1.82) is 0 Å². The van der Waals surface area contributed by atoms with Crippen molar-refractivity contribution in [1.82, 2.24) is 9.78 Å². The Morgan fingerprint density at radius 1 is 1.38 bits per heavy atom. The van der Waals surface area contributed by atoms with E-state index in [4.69, 9.17) is 5.73 Å². The molecule has 1 aliphatic rings. The minimum absolute atomic E-state index is 0.272. The Morgan fingerprint density at radius 2 is 2.14 bits per heavy atom. The number of sulfone groups is 1. The van der Waals surface area contributed by atoms with Gasteiger partial charge in [-0.3, -0.25) is 4.68 Å². The molecule has 2 atom stereocenters. The van der Waals surface area contributed by atoms with Gasteiger partial charge < -0.3 is 5.73 Å². The summed E-state index contributed by atoms with van der Waals surface area (Å²) in [7, 11) is -1.15. The second-order valence-electron chi connectivity index (χ2n) is 5.86. The fraction of sp³-hybridized carbons (Fsp3) is 0.533. The highest BCUT2D eigenvalue weighted by atomic mass is 32.2. The van der Waals surface area contributed by atoms with E-state index in [2.05, 4.69) is 5.10 Å². The van der Waals surface area contributed by atoms with Gasteiger partial charge in [-0.1, -0.05) is 24.6 Å². The van der Waals surface area contributed by atoms with E-state index in [1.165, 1.54) is 0 Å². The van der Waals surface area contributed by atoms with Gasteiger partial charge in [0.1, 0.15) is 0 Å². The maximum atomic E-state index is 12.2. The number of rotatable bonds is 3. The largest absolute Gasteiger partial charge is 0.326 e. The van der Waals surface area contributed by atoms with Crippen LogP contribution in [-0.2, 0) is 23.3 Å². The van der Waals surface area contributed by atoms with Gasteiger partial charge in [0.15, 0.2) is 9.84 Å². The van der Waals surface area contributed by atoms with Crippen molar-refractivity contribution in [3.8, 4) is 0 Å². The molecular formula is C15H21N3O2S. The van der Waals surface area contributed by atoms with Crippen LogP contribution in [0, 0.1) is 0 Å². The van der Waals surface area contributed by atoms with Gasteiger partial charge in [-0.15, -0.1) is 0 Å². The van der Waals surface area contributed by atoms with Crippen LogP contribution in [0.4, 0.5) is 0 Å². The van der Waals surface area contributed by atoms with Crippen LogP contribution < -0.4 is 5.73 Å². The number of nitrogens with zero attached hydrogens (tertiary/aromatic N) is 2. The molecule has 2 N–H and O–H groups in total. The zero-order chi connectivity index (χ0) is 15.0. The number of nitrogens with two attached hydrogens (primary N) is 1. The number of hydrogen-bond donors (Lipinski definition) is 1. The third-order valence-corrected chi connectivity index (χ3v) is 6.74. The summed E-state index contributed by atoms with van der Waals surface area (Å²) in [5.41, 5.74) is 8.17. The van der Waals surface area contributed by atoms with Crippen molar-refractivity contribution in [2.75, 3.05) is 5.75 Å². The molecule has 0 saturated carbocycles. The monoisotopic (exact) mass is 307 g/mol. The van der Waals surface area contributed by atoms with Crippen molar-refractivity contribution in [2.24, 2.45) is 12.8 Å². The van der Waals surface area contributed by atoms with Crippen molar-refractivity contribution in [3.63, 3.8) is 0 Å². The lowest BCUT2D eigenvalue weighted by Gasteiger charge is -2.27. The number of aromatic nitrogens is 2. The number of hydrogen-bond acceptors (Lipinski definition) is 4. The number of benzene rings is 1. The first-order valence-corrected chi connectivity index (χ1v) is 9.08. The van der Waals surface area contributed by atoms with Gasteiger partial charge in [0.25, 0.3) is 0 Å². The molecule has 2 aromatic rings. The predicted molar refractivity (Wildman–Crippen MR) is 83.8 cm³/mol. The molecule has 0 aliphatic carbocycles. The predicted octanol–water partition coefficient (Wildman–Crippen LogP) is 1.41. The van der Waals surface area contributed by atoms with E-state index in [1.54, 1.807) is 0 Å². The lowest BCUT2D eigenvalue weighted by atomic mass is 10.0. The molecule has 5 nitrogen and oxygen atoms in total. The smallest absolute Gasteiger partial charge is 0.154 e. The summed E-state index contributed by atoms with van der Waals surface area (Å²) in [4.78, 5) is 0. The summed E-state index contributed by atoms with van der Waals surface area (Å²) in [6, 6.07) is 7.58. The molecule has 114 valence electrons. The van der Waals surface area contributed by atoms with Crippen LogP contribution in [0.25, 0.3) is 10.9 Å². The summed E-state index contributed by atoms with van der Waals surface area (Å²) in [6.07, 6.45) is 2.89. The molecule has 0 radical (unpaired) electrons. The van der Waals surface area contributed by atoms with Crippen molar-refractivity contribution in [2.45, 2.75) is 37.0 Å². The van der Waals surface area contributed by atoms with Gasteiger partial charge in [-0.05, 0) is 18.9 Å². The van der Waals surface area contributed by atoms with E-state index in [1.807, 2.05) is 36.0 Å². The van der Waals surface area contributed by atoms with E-state index in [9.17, 15) is 8.42 Å². The molecule has 1 aromatic heterocycles. The van der Waals surface area contributed by atoms with Gasteiger partial charge in [0.2, 0.25) is 0 Å². The average Bonchev–Trinajstić information content (AvgIpc) is 2.75. The first-order chi connectivity index (χ1) is 9.99. The summed E-state index contributed by atoms with van der Waals surface area (Å²) in [6.45, 7) is 0. The van der Waals surface area contributed by atoms with Crippen molar-refractivity contribution in [3.05, 3.63) is 30.0 Å². The highest BCUT2D eigenvalue weighted by molar-refractivity contribution is 7.92. The number of aryl methyl sites for hydroxylation is 1. The molecule has 21 heavy (non-hydrogen) atoms. The molecule has 1 aromatic carbocycles. The summed E-state index contributed by atoms with van der Waals surface area (Å²) in [5, 5.41) is 5.15. The minimum atomic E-state index is -3.05. The third-order valence-electron chi connectivity index (χ3n) is 4.37. The summed E-state index contributed by atoms with van der Waals surface area (Å²) < 4.78 is 26.2. The van der Waals surface area contributed by atoms with Crippen LogP contribution in [-0.4, -0.2) is 35.2 Å². The fourth-order valence-electron chi connectivity index (χ4n) is 3.25. The second kappa shape index (κ2) is 5.42. The molecule has 0 amide bonds. The van der Waals surface area contributed by atoms with Gasteiger partial charge >= 0.3 is 0 Å². The Balaban J connectivity index is 1.88. The third kappa shape index (κ3) is 2.70. The molecule has 2 unspecified atom stereocenters.